The van der Waals surface area contributed by atoms with Crippen LogP contribution in [-0.2, 0) is 0 Å². The quantitative estimate of drug-likeness (QED) is 0.358. The van der Waals surface area contributed by atoms with Crippen molar-refractivity contribution >= 4 is 32.7 Å². The predicted octanol–water partition coefficient (Wildman–Crippen LogP) is 6.50. The number of rotatable bonds is 4. The van der Waals surface area contributed by atoms with Crippen LogP contribution in [0.2, 0.25) is 0 Å². The van der Waals surface area contributed by atoms with E-state index in [4.69, 9.17) is 0 Å². The Hall–Kier alpha value is -3.82. The van der Waals surface area contributed by atoms with Crippen molar-refractivity contribution in [2.75, 3.05) is 7.05 Å². The van der Waals surface area contributed by atoms with E-state index in [1.807, 2.05) is 7.05 Å². The second-order valence-electron chi connectivity index (χ2n) is 7.90. The Morgan fingerprint density at radius 1 is 0.613 bits per heavy atom. The second-order valence-corrected chi connectivity index (χ2v) is 7.90. The van der Waals surface area contributed by atoms with Crippen molar-refractivity contribution in [3.8, 4) is 5.69 Å². The molecule has 0 aliphatic heterocycles. The second kappa shape index (κ2) is 7.15. The van der Waals surface area contributed by atoms with E-state index in [0.29, 0.717) is 0 Å². The Morgan fingerprint density at radius 2 is 1.32 bits per heavy atom. The average Bonchev–Trinajstić information content (AvgIpc) is 3.41. The van der Waals surface area contributed by atoms with Crippen LogP contribution in [0.5, 0.6) is 0 Å². The van der Waals surface area contributed by atoms with Gasteiger partial charge in [-0.05, 0) is 42.9 Å². The summed E-state index contributed by atoms with van der Waals surface area (Å²) in [4.78, 5) is 0. The highest BCUT2D eigenvalue weighted by molar-refractivity contribution is 6.17. The zero-order valence-corrected chi connectivity index (χ0v) is 17.4. The van der Waals surface area contributed by atoms with Gasteiger partial charge < -0.3 is 9.13 Å². The van der Waals surface area contributed by atoms with Crippen molar-refractivity contribution in [2.24, 2.45) is 0 Å². The predicted molar refractivity (Wildman–Crippen MR) is 130 cm³/mol. The topological polar surface area (TPSA) is 21.9 Å². The highest BCUT2D eigenvalue weighted by atomic mass is 15.2. The molecule has 6 rings (SSSR count). The van der Waals surface area contributed by atoms with Crippen molar-refractivity contribution in [2.45, 2.75) is 6.17 Å². The summed E-state index contributed by atoms with van der Waals surface area (Å²) in [6.45, 7) is 0. The van der Waals surface area contributed by atoms with E-state index in [2.05, 4.69) is 124 Å². The first-order valence-corrected chi connectivity index (χ1v) is 10.7. The smallest absolute Gasteiger partial charge is 0.110 e. The van der Waals surface area contributed by atoms with Gasteiger partial charge in [-0.1, -0.05) is 72.8 Å². The lowest BCUT2D eigenvalue weighted by Crippen LogP contribution is -2.24. The summed E-state index contributed by atoms with van der Waals surface area (Å²) in [6, 6.07) is 36.7. The van der Waals surface area contributed by atoms with Gasteiger partial charge in [0.05, 0.1) is 16.6 Å². The van der Waals surface area contributed by atoms with Gasteiger partial charge in [0, 0.05) is 28.0 Å². The first-order chi connectivity index (χ1) is 15.4. The molecule has 31 heavy (non-hydrogen) atoms. The minimum atomic E-state index is 0.0364. The molecule has 2 heterocycles. The molecule has 1 unspecified atom stereocenters. The zero-order chi connectivity index (χ0) is 20.8. The van der Waals surface area contributed by atoms with E-state index in [9.17, 15) is 0 Å². The lowest BCUT2D eigenvalue weighted by Gasteiger charge is -2.22. The lowest BCUT2D eigenvalue weighted by molar-refractivity contribution is 0.541. The van der Waals surface area contributed by atoms with Crippen LogP contribution in [0.1, 0.15) is 11.7 Å². The van der Waals surface area contributed by atoms with Gasteiger partial charge in [0.1, 0.15) is 6.17 Å². The van der Waals surface area contributed by atoms with Crippen molar-refractivity contribution in [3.05, 3.63) is 115 Å². The maximum atomic E-state index is 3.56. The third-order valence-corrected chi connectivity index (χ3v) is 6.22. The zero-order valence-electron chi connectivity index (χ0n) is 17.4. The van der Waals surface area contributed by atoms with Gasteiger partial charge in [-0.15, -0.1) is 0 Å². The fourth-order valence-corrected chi connectivity index (χ4v) is 4.87. The number of aromatic nitrogens is 2. The van der Waals surface area contributed by atoms with Gasteiger partial charge in [-0.2, -0.15) is 0 Å². The lowest BCUT2D eigenvalue weighted by atomic mass is 10.1. The SMILES string of the molecule is CNC(c1ccccc1)n1c2ccccc2c2ccc3c(ccn3-c3ccccc3)c21. The standard InChI is InChI=1S/C28H23N3/c1-29-28(20-10-4-2-5-11-20)31-26-15-9-8-14-22(26)23-16-17-25-24(27(23)31)18-19-30(25)21-12-6-3-7-13-21/h2-19,28-29H,1H3. The fraction of sp³-hybridized carbons (Fsp3) is 0.0714. The average molecular weight is 402 g/mol. The molecule has 0 spiro atoms. The molecule has 4 aromatic carbocycles. The molecule has 6 aromatic rings. The molecule has 0 radical (unpaired) electrons. The third kappa shape index (κ3) is 2.71. The Bertz CT molecular complexity index is 1510. The molecule has 1 N–H and O–H groups in total. The number of para-hydroxylation sites is 2. The summed E-state index contributed by atoms with van der Waals surface area (Å²) in [5, 5.41) is 7.39. The normalized spacial score (nSPS) is 12.7. The number of benzene rings is 4. The molecule has 0 bridgehead atoms. The van der Waals surface area contributed by atoms with Crippen LogP contribution in [-0.4, -0.2) is 16.2 Å². The van der Waals surface area contributed by atoms with Crippen LogP contribution in [0.15, 0.2) is 109 Å². The number of fused-ring (bicyclic) bond motifs is 5. The molecule has 0 aliphatic carbocycles. The van der Waals surface area contributed by atoms with Crippen LogP contribution in [0.3, 0.4) is 0 Å². The number of hydrogen-bond acceptors (Lipinski definition) is 1. The van der Waals surface area contributed by atoms with Gasteiger partial charge in [0.15, 0.2) is 0 Å². The van der Waals surface area contributed by atoms with Gasteiger partial charge in [0.25, 0.3) is 0 Å². The van der Waals surface area contributed by atoms with E-state index >= 15 is 0 Å². The molecule has 3 heteroatoms. The Labute approximate surface area is 181 Å². The van der Waals surface area contributed by atoms with Crippen molar-refractivity contribution in [3.63, 3.8) is 0 Å². The fourth-order valence-electron chi connectivity index (χ4n) is 4.87. The van der Waals surface area contributed by atoms with Gasteiger partial charge in [-0.25, -0.2) is 0 Å². The van der Waals surface area contributed by atoms with Gasteiger partial charge >= 0.3 is 0 Å². The first-order valence-electron chi connectivity index (χ1n) is 10.7. The molecule has 1 atom stereocenters. The summed E-state index contributed by atoms with van der Waals surface area (Å²) in [5.41, 5.74) is 6.13. The Morgan fingerprint density at radius 3 is 2.10 bits per heavy atom. The summed E-state index contributed by atoms with van der Waals surface area (Å²) < 4.78 is 4.73. The minimum absolute atomic E-state index is 0.0364. The van der Waals surface area contributed by atoms with Crippen molar-refractivity contribution < 1.29 is 0 Å². The number of nitrogens with one attached hydrogen (secondary N) is 1. The Balaban J connectivity index is 1.73. The van der Waals surface area contributed by atoms with Gasteiger partial charge in [0.2, 0.25) is 0 Å². The highest BCUT2D eigenvalue weighted by Gasteiger charge is 2.21. The minimum Gasteiger partial charge on any atom is -0.319 e. The summed E-state index contributed by atoms with van der Waals surface area (Å²) in [5.74, 6) is 0. The maximum Gasteiger partial charge on any atom is 0.110 e. The van der Waals surface area contributed by atoms with Crippen molar-refractivity contribution in [1.29, 1.82) is 0 Å². The van der Waals surface area contributed by atoms with E-state index in [1.54, 1.807) is 0 Å². The molecule has 0 saturated heterocycles. The number of nitrogens with zero attached hydrogens (tertiary/aromatic N) is 2. The molecule has 2 aromatic heterocycles. The third-order valence-electron chi connectivity index (χ3n) is 6.22. The molecular weight excluding hydrogens is 378 g/mol. The van der Waals surface area contributed by atoms with Crippen LogP contribution in [0.25, 0.3) is 38.4 Å². The van der Waals surface area contributed by atoms with E-state index < -0.39 is 0 Å². The number of hydrogen-bond donors (Lipinski definition) is 1. The van der Waals surface area contributed by atoms with Crippen LogP contribution >= 0.6 is 0 Å². The molecule has 150 valence electrons. The maximum absolute atomic E-state index is 3.56. The molecule has 3 nitrogen and oxygen atoms in total. The molecule has 0 amide bonds. The van der Waals surface area contributed by atoms with Crippen LogP contribution in [0, 0.1) is 0 Å². The highest BCUT2D eigenvalue weighted by Crippen LogP contribution is 2.38. The summed E-state index contributed by atoms with van der Waals surface area (Å²) >= 11 is 0. The van der Waals surface area contributed by atoms with E-state index in [-0.39, 0.29) is 6.17 Å². The molecule has 0 saturated carbocycles. The molecule has 0 fully saturated rings. The van der Waals surface area contributed by atoms with E-state index in [1.165, 1.54) is 44.0 Å². The first kappa shape index (κ1) is 18.0. The Kier molecular flexibility index (Phi) is 4.15. The summed E-state index contributed by atoms with van der Waals surface area (Å²) in [6.07, 6.45) is 2.22. The van der Waals surface area contributed by atoms with Crippen molar-refractivity contribution in [1.82, 2.24) is 14.5 Å². The van der Waals surface area contributed by atoms with Crippen LogP contribution < -0.4 is 5.32 Å². The molecular formula is C28H23N3. The summed E-state index contributed by atoms with van der Waals surface area (Å²) in [7, 11) is 2.04. The van der Waals surface area contributed by atoms with Gasteiger partial charge in [-0.3, -0.25) is 5.32 Å². The monoisotopic (exact) mass is 401 g/mol. The largest absolute Gasteiger partial charge is 0.319 e. The van der Waals surface area contributed by atoms with Crippen LogP contribution in [0.4, 0.5) is 0 Å². The molecule has 0 aliphatic rings. The van der Waals surface area contributed by atoms with E-state index in [0.717, 1.165) is 0 Å².